The fourth-order valence-corrected chi connectivity index (χ4v) is 5.56. The van der Waals surface area contributed by atoms with Crippen molar-refractivity contribution in [2.24, 2.45) is 0 Å². The van der Waals surface area contributed by atoms with Crippen LogP contribution in [0.1, 0.15) is 22.3 Å². The first kappa shape index (κ1) is 30.4. The number of urea groups is 1. The number of nitrogens with zero attached hydrogens (tertiary/aromatic N) is 4. The van der Waals surface area contributed by atoms with Gasteiger partial charge in [-0.3, -0.25) is 9.59 Å². The second-order valence-electron chi connectivity index (χ2n) is 10.6. The fraction of sp³-hybridized carbons (Fsp3) is 0.281. The molecule has 2 heterocycles. The van der Waals surface area contributed by atoms with Gasteiger partial charge in [-0.05, 0) is 41.0 Å². The third-order valence-electron chi connectivity index (χ3n) is 7.59. The predicted molar refractivity (Wildman–Crippen MR) is 154 cm³/mol. The van der Waals surface area contributed by atoms with Crippen molar-refractivity contribution in [1.29, 1.82) is 0 Å². The molecule has 9 nitrogen and oxygen atoms in total. The molecule has 2 fully saturated rings. The molecule has 2 unspecified atom stereocenters. The predicted octanol–water partition coefficient (Wildman–Crippen LogP) is 3.59. The number of piperazine rings is 1. The molecule has 44 heavy (non-hydrogen) atoms. The van der Waals surface area contributed by atoms with Crippen LogP contribution in [-0.2, 0) is 35.3 Å². The van der Waals surface area contributed by atoms with Gasteiger partial charge in [0.05, 0.1) is 25.2 Å². The van der Waals surface area contributed by atoms with Crippen LogP contribution in [0.3, 0.4) is 0 Å². The quantitative estimate of drug-likeness (QED) is 0.402. The average Bonchev–Trinajstić information content (AvgIpc) is 2.99. The maximum atomic E-state index is 14.0. The molecule has 0 bridgehead atoms. The van der Waals surface area contributed by atoms with Gasteiger partial charge in [0.1, 0.15) is 18.0 Å². The molecule has 2 N–H and O–H groups in total. The molecule has 0 saturated carbocycles. The maximum absolute atomic E-state index is 14.0. The molecule has 3 aromatic carbocycles. The van der Waals surface area contributed by atoms with Gasteiger partial charge in [-0.15, -0.1) is 6.42 Å². The Morgan fingerprint density at radius 1 is 0.977 bits per heavy atom. The van der Waals surface area contributed by atoms with Crippen molar-refractivity contribution in [3.63, 3.8) is 0 Å². The molecule has 228 valence electrons. The number of fused-ring (bicyclic) bond motifs is 1. The highest BCUT2D eigenvalue weighted by Gasteiger charge is 2.51. The Balaban J connectivity index is 1.50. The maximum Gasteiger partial charge on any atom is 0.416 e. The van der Waals surface area contributed by atoms with Crippen molar-refractivity contribution in [2.75, 3.05) is 19.6 Å². The molecule has 2 aliphatic heterocycles. The van der Waals surface area contributed by atoms with E-state index < -0.39 is 41.8 Å². The lowest BCUT2D eigenvalue weighted by Gasteiger charge is -2.55. The number of benzene rings is 3. The molecule has 2 aliphatic rings. The molecule has 4 amide bonds. The zero-order valence-electron chi connectivity index (χ0n) is 23.6. The number of terminal acetylenes is 1. The minimum absolute atomic E-state index is 0.0213. The number of carbonyl (C=O) groups is 3. The van der Waals surface area contributed by atoms with Gasteiger partial charge < -0.3 is 20.2 Å². The van der Waals surface area contributed by atoms with Gasteiger partial charge in [-0.2, -0.15) is 18.2 Å². The number of carbonyl (C=O) groups excluding carboxylic acids is 3. The summed E-state index contributed by atoms with van der Waals surface area (Å²) in [6, 6.07) is 18.4. The number of amides is 4. The van der Waals surface area contributed by atoms with Crippen molar-refractivity contribution in [2.45, 2.75) is 37.9 Å². The lowest BCUT2D eigenvalue weighted by Crippen LogP contribution is -2.76. The van der Waals surface area contributed by atoms with Crippen LogP contribution in [0.2, 0.25) is 0 Å². The highest BCUT2D eigenvalue weighted by atomic mass is 19.4. The van der Waals surface area contributed by atoms with Crippen molar-refractivity contribution < 1.29 is 32.7 Å². The van der Waals surface area contributed by atoms with E-state index >= 15 is 0 Å². The molecule has 5 rings (SSSR count). The van der Waals surface area contributed by atoms with E-state index in [1.165, 1.54) is 44.1 Å². The molecule has 0 aliphatic carbocycles. The van der Waals surface area contributed by atoms with Crippen LogP contribution in [-0.4, -0.2) is 74.6 Å². The van der Waals surface area contributed by atoms with Gasteiger partial charge in [0.2, 0.25) is 11.8 Å². The van der Waals surface area contributed by atoms with E-state index in [-0.39, 0.29) is 50.5 Å². The summed E-state index contributed by atoms with van der Waals surface area (Å²) in [6.07, 6.45) is 0.0769. The van der Waals surface area contributed by atoms with Gasteiger partial charge in [0, 0.05) is 19.5 Å². The van der Waals surface area contributed by atoms with Crippen LogP contribution in [0.25, 0.3) is 0 Å². The van der Waals surface area contributed by atoms with E-state index in [1.54, 1.807) is 12.1 Å². The number of halogens is 3. The molecule has 3 aromatic rings. The molecular formula is C32H30F3N5O4. The lowest BCUT2D eigenvalue weighted by atomic mass is 9.98. The lowest BCUT2D eigenvalue weighted by molar-refractivity contribution is -0.189. The molecule has 12 heteroatoms. The molecule has 0 aromatic heterocycles. The first-order valence-corrected chi connectivity index (χ1v) is 13.9. The highest BCUT2D eigenvalue weighted by molar-refractivity contribution is 5.91. The summed E-state index contributed by atoms with van der Waals surface area (Å²) in [4.78, 5) is 44.0. The third kappa shape index (κ3) is 6.63. The third-order valence-corrected chi connectivity index (χ3v) is 7.59. The van der Waals surface area contributed by atoms with Gasteiger partial charge >= 0.3 is 12.2 Å². The molecule has 0 radical (unpaired) electrons. The molecule has 0 spiro atoms. The van der Waals surface area contributed by atoms with Crippen molar-refractivity contribution in [3.8, 4) is 18.1 Å². The smallest absolute Gasteiger partial charge is 0.416 e. The number of phenols is 1. The number of hydrazine groups is 1. The monoisotopic (exact) mass is 605 g/mol. The highest BCUT2D eigenvalue weighted by Crippen LogP contribution is 2.32. The van der Waals surface area contributed by atoms with Gasteiger partial charge in [-0.25, -0.2) is 9.80 Å². The Bertz CT molecular complexity index is 1560. The van der Waals surface area contributed by atoms with Crippen LogP contribution in [0, 0.1) is 12.3 Å². The van der Waals surface area contributed by atoms with E-state index in [0.717, 1.165) is 17.7 Å². The SMILES string of the molecule is C#CCN1CC(=O)N2C(Cc3ccc(O)cc3)C(=O)N(Cc3cccc(C(F)(F)F)c3)CC2N1C(=O)NCc1ccccc1. The van der Waals surface area contributed by atoms with Crippen molar-refractivity contribution in [1.82, 2.24) is 25.1 Å². The van der Waals surface area contributed by atoms with E-state index in [2.05, 4.69) is 11.2 Å². The van der Waals surface area contributed by atoms with E-state index in [1.807, 2.05) is 30.3 Å². The van der Waals surface area contributed by atoms with Gasteiger partial charge in [0.15, 0.2) is 0 Å². The zero-order valence-corrected chi connectivity index (χ0v) is 23.6. The minimum atomic E-state index is -4.57. The summed E-state index contributed by atoms with van der Waals surface area (Å²) in [5, 5.41) is 15.4. The Morgan fingerprint density at radius 3 is 2.36 bits per heavy atom. The Morgan fingerprint density at radius 2 is 1.68 bits per heavy atom. The summed E-state index contributed by atoms with van der Waals surface area (Å²) in [5.74, 6) is 1.59. The van der Waals surface area contributed by atoms with E-state index in [4.69, 9.17) is 6.42 Å². The van der Waals surface area contributed by atoms with Crippen LogP contribution < -0.4 is 5.32 Å². The Labute approximate surface area is 252 Å². The number of nitrogens with one attached hydrogen (secondary N) is 1. The first-order valence-electron chi connectivity index (χ1n) is 13.9. The Kier molecular flexibility index (Phi) is 8.78. The summed E-state index contributed by atoms with van der Waals surface area (Å²) in [5.41, 5.74) is 0.869. The summed E-state index contributed by atoms with van der Waals surface area (Å²) in [6.45, 7) is -0.481. The number of alkyl halides is 3. The second-order valence-corrected chi connectivity index (χ2v) is 10.6. The molecular weight excluding hydrogens is 575 g/mol. The summed E-state index contributed by atoms with van der Waals surface area (Å²) in [7, 11) is 0. The minimum Gasteiger partial charge on any atom is -0.508 e. The van der Waals surface area contributed by atoms with Crippen LogP contribution in [0.4, 0.5) is 18.0 Å². The number of aromatic hydroxyl groups is 1. The van der Waals surface area contributed by atoms with Gasteiger partial charge in [-0.1, -0.05) is 60.5 Å². The zero-order chi connectivity index (χ0) is 31.4. The number of hydrogen-bond donors (Lipinski definition) is 2. The summed E-state index contributed by atoms with van der Waals surface area (Å²) < 4.78 is 40.4. The Hall–Kier alpha value is -5.02. The van der Waals surface area contributed by atoms with Crippen LogP contribution >= 0.6 is 0 Å². The van der Waals surface area contributed by atoms with Gasteiger partial charge in [0.25, 0.3) is 0 Å². The van der Waals surface area contributed by atoms with Crippen molar-refractivity contribution in [3.05, 3.63) is 101 Å². The number of rotatable bonds is 7. The largest absolute Gasteiger partial charge is 0.508 e. The molecule has 2 saturated heterocycles. The molecule has 2 atom stereocenters. The fourth-order valence-electron chi connectivity index (χ4n) is 5.56. The second kappa shape index (κ2) is 12.7. The van der Waals surface area contributed by atoms with Crippen LogP contribution in [0.5, 0.6) is 5.75 Å². The topological polar surface area (TPSA) is 96.4 Å². The summed E-state index contributed by atoms with van der Waals surface area (Å²) >= 11 is 0. The number of hydrogen-bond acceptors (Lipinski definition) is 5. The average molecular weight is 606 g/mol. The standard InChI is InChI=1S/C32H30F3N5O4/c1-2-15-38-21-29(42)39-27(17-22-11-13-26(41)14-12-22)30(43)37(19-24-9-6-10-25(16-24)32(33,34)35)20-28(39)40(38)31(44)36-18-23-7-4-3-5-8-23/h1,3-14,16,27-28,41H,15,17-21H2,(H,36,44). The van der Waals surface area contributed by atoms with E-state index in [9.17, 15) is 32.7 Å². The number of phenolic OH excluding ortho intramolecular Hbond substituents is 1. The normalized spacial score (nSPS) is 19.0. The van der Waals surface area contributed by atoms with E-state index in [0.29, 0.717) is 5.56 Å². The van der Waals surface area contributed by atoms with Crippen LogP contribution in [0.15, 0.2) is 78.9 Å². The first-order chi connectivity index (χ1) is 21.0. The van der Waals surface area contributed by atoms with Crippen molar-refractivity contribution >= 4 is 17.8 Å².